The average molecular weight is 368 g/mol. The van der Waals surface area contributed by atoms with Crippen molar-refractivity contribution in [3.63, 3.8) is 0 Å². The van der Waals surface area contributed by atoms with Gasteiger partial charge in [-0.15, -0.1) is 12.4 Å². The molecule has 2 aromatic carbocycles. The van der Waals surface area contributed by atoms with E-state index in [0.717, 1.165) is 12.1 Å². The fraction of sp³-hybridized carbons (Fsp3) is 0.0588. The van der Waals surface area contributed by atoms with Crippen LogP contribution in [0, 0.1) is 17.1 Å². The second-order valence-corrected chi connectivity index (χ2v) is 5.02. The third-order valence-electron chi connectivity index (χ3n) is 3.41. The van der Waals surface area contributed by atoms with Gasteiger partial charge in [0, 0.05) is 17.3 Å². The molecule has 3 nitrogen and oxygen atoms in total. The number of rotatable bonds is 2. The van der Waals surface area contributed by atoms with Crippen molar-refractivity contribution >= 4 is 34.7 Å². The first-order chi connectivity index (χ1) is 11.4. The van der Waals surface area contributed by atoms with E-state index in [4.69, 9.17) is 0 Å². The fourth-order valence-corrected chi connectivity index (χ4v) is 2.30. The van der Waals surface area contributed by atoms with Crippen molar-refractivity contribution in [2.75, 3.05) is 5.32 Å². The van der Waals surface area contributed by atoms with Gasteiger partial charge >= 0.3 is 6.18 Å². The van der Waals surface area contributed by atoms with Crippen molar-refractivity contribution in [1.82, 2.24) is 4.98 Å². The molecule has 0 aliphatic carbocycles. The van der Waals surface area contributed by atoms with Crippen LogP contribution < -0.4 is 5.32 Å². The molecule has 0 radical (unpaired) electrons. The molecule has 0 aliphatic heterocycles. The van der Waals surface area contributed by atoms with Crippen LogP contribution in [0.3, 0.4) is 0 Å². The molecule has 0 fully saturated rings. The summed E-state index contributed by atoms with van der Waals surface area (Å²) in [6.45, 7) is 0. The molecule has 0 amide bonds. The van der Waals surface area contributed by atoms with Crippen LogP contribution in [0.4, 0.5) is 28.9 Å². The zero-order chi connectivity index (χ0) is 17.3. The van der Waals surface area contributed by atoms with Gasteiger partial charge in [0.25, 0.3) is 0 Å². The first kappa shape index (κ1) is 18.5. The summed E-state index contributed by atoms with van der Waals surface area (Å²) in [5.74, 6) is -0.536. The van der Waals surface area contributed by atoms with E-state index in [9.17, 15) is 22.8 Å². The Kier molecular flexibility index (Phi) is 5.14. The van der Waals surface area contributed by atoms with E-state index in [1.54, 1.807) is 0 Å². The summed E-state index contributed by atoms with van der Waals surface area (Å²) >= 11 is 0. The smallest absolute Gasteiger partial charge is 0.354 e. The van der Waals surface area contributed by atoms with Crippen LogP contribution in [0.2, 0.25) is 0 Å². The molecule has 0 atom stereocenters. The molecule has 0 saturated carbocycles. The van der Waals surface area contributed by atoms with E-state index >= 15 is 0 Å². The van der Waals surface area contributed by atoms with Gasteiger partial charge in [0.1, 0.15) is 11.9 Å². The molecule has 0 bridgehead atoms. The first-order valence-corrected chi connectivity index (χ1v) is 6.81. The van der Waals surface area contributed by atoms with Crippen LogP contribution in [0.25, 0.3) is 10.9 Å². The minimum atomic E-state index is -4.48. The molecule has 1 N–H and O–H groups in total. The van der Waals surface area contributed by atoms with Gasteiger partial charge in [-0.05, 0) is 36.4 Å². The second-order valence-electron chi connectivity index (χ2n) is 5.02. The zero-order valence-corrected chi connectivity index (χ0v) is 13.2. The summed E-state index contributed by atoms with van der Waals surface area (Å²) in [6.07, 6.45) is -3.20. The van der Waals surface area contributed by atoms with E-state index < -0.39 is 17.6 Å². The Morgan fingerprint density at radius 1 is 1.08 bits per heavy atom. The van der Waals surface area contributed by atoms with Crippen molar-refractivity contribution in [2.24, 2.45) is 0 Å². The van der Waals surface area contributed by atoms with E-state index in [1.165, 1.54) is 36.5 Å². The van der Waals surface area contributed by atoms with Crippen LogP contribution in [0.15, 0.2) is 48.7 Å². The van der Waals surface area contributed by atoms with E-state index in [0.29, 0.717) is 10.9 Å². The Hall–Kier alpha value is -2.85. The highest BCUT2D eigenvalue weighted by Gasteiger charge is 2.30. The minimum Gasteiger partial charge on any atom is -0.354 e. The van der Waals surface area contributed by atoms with Crippen LogP contribution in [-0.4, -0.2) is 4.98 Å². The van der Waals surface area contributed by atoms with E-state index in [-0.39, 0.29) is 29.3 Å². The number of hydrogen-bond acceptors (Lipinski definition) is 3. The maximum atomic E-state index is 13.5. The number of pyridine rings is 1. The molecule has 1 heterocycles. The first-order valence-electron chi connectivity index (χ1n) is 6.81. The number of halogens is 5. The molecule has 25 heavy (non-hydrogen) atoms. The predicted molar refractivity (Wildman–Crippen MR) is 88.4 cm³/mol. The molecule has 0 saturated heterocycles. The Bertz CT molecular complexity index is 964. The number of anilines is 2. The lowest BCUT2D eigenvalue weighted by molar-refractivity contribution is -0.137. The molecular formula is C17H10ClF4N3. The Balaban J connectivity index is 0.00000225. The highest BCUT2D eigenvalue weighted by Crippen LogP contribution is 2.33. The Morgan fingerprint density at radius 3 is 2.52 bits per heavy atom. The molecule has 0 spiro atoms. The highest BCUT2D eigenvalue weighted by atomic mass is 35.5. The number of alkyl halides is 3. The Morgan fingerprint density at radius 2 is 1.84 bits per heavy atom. The number of benzene rings is 2. The number of hydrogen-bond donors (Lipinski definition) is 1. The zero-order valence-electron chi connectivity index (χ0n) is 12.4. The number of fused-ring (bicyclic) bond motifs is 1. The summed E-state index contributed by atoms with van der Waals surface area (Å²) in [7, 11) is 0. The van der Waals surface area contributed by atoms with Gasteiger partial charge in [-0.25, -0.2) is 4.39 Å². The summed E-state index contributed by atoms with van der Waals surface area (Å²) in [5.41, 5.74) is 0.0466. The summed E-state index contributed by atoms with van der Waals surface area (Å²) in [6, 6.07) is 10.3. The quantitative estimate of drug-likeness (QED) is 0.614. The monoisotopic (exact) mass is 367 g/mol. The standard InChI is InChI=1S/C17H9F4N3.ClH/c18-12-4-5-15-14(7-12)16(10(8-22)9-23-15)24-13-3-1-2-11(6-13)17(19,20)21;/h1-7,9H,(H,23,24);1H. The van der Waals surface area contributed by atoms with Gasteiger partial charge in [-0.2, -0.15) is 18.4 Å². The topological polar surface area (TPSA) is 48.7 Å². The van der Waals surface area contributed by atoms with E-state index in [2.05, 4.69) is 10.3 Å². The van der Waals surface area contributed by atoms with Crippen LogP contribution >= 0.6 is 12.4 Å². The van der Waals surface area contributed by atoms with Gasteiger partial charge < -0.3 is 5.32 Å². The minimum absolute atomic E-state index is 0. The molecule has 128 valence electrons. The molecular weight excluding hydrogens is 358 g/mol. The average Bonchev–Trinajstić information content (AvgIpc) is 2.55. The maximum absolute atomic E-state index is 13.5. The molecule has 1 aromatic heterocycles. The highest BCUT2D eigenvalue weighted by molar-refractivity contribution is 5.95. The van der Waals surface area contributed by atoms with Crippen LogP contribution in [-0.2, 0) is 6.18 Å². The summed E-state index contributed by atoms with van der Waals surface area (Å²) < 4.78 is 52.0. The lowest BCUT2D eigenvalue weighted by atomic mass is 10.1. The fourth-order valence-electron chi connectivity index (χ4n) is 2.30. The van der Waals surface area contributed by atoms with Gasteiger partial charge in [0.15, 0.2) is 0 Å². The van der Waals surface area contributed by atoms with E-state index in [1.807, 2.05) is 6.07 Å². The summed E-state index contributed by atoms with van der Waals surface area (Å²) in [4.78, 5) is 4.04. The normalized spacial score (nSPS) is 10.8. The number of nitrogens with zero attached hydrogens (tertiary/aromatic N) is 2. The number of nitriles is 1. The molecule has 0 aliphatic rings. The second kappa shape index (κ2) is 6.95. The lowest BCUT2D eigenvalue weighted by Crippen LogP contribution is -2.05. The largest absolute Gasteiger partial charge is 0.416 e. The van der Waals surface area contributed by atoms with Gasteiger partial charge in [-0.3, -0.25) is 4.98 Å². The van der Waals surface area contributed by atoms with Crippen LogP contribution in [0.1, 0.15) is 11.1 Å². The van der Waals surface area contributed by atoms with Crippen molar-refractivity contribution in [1.29, 1.82) is 5.26 Å². The van der Waals surface area contributed by atoms with Gasteiger partial charge in [-0.1, -0.05) is 6.07 Å². The molecule has 3 rings (SSSR count). The SMILES string of the molecule is Cl.N#Cc1cnc2ccc(F)cc2c1Nc1cccc(C(F)(F)F)c1. The van der Waals surface area contributed by atoms with Crippen molar-refractivity contribution < 1.29 is 17.6 Å². The maximum Gasteiger partial charge on any atom is 0.416 e. The van der Waals surface area contributed by atoms with Gasteiger partial charge in [0.2, 0.25) is 0 Å². The third-order valence-corrected chi connectivity index (χ3v) is 3.41. The van der Waals surface area contributed by atoms with Crippen LogP contribution in [0.5, 0.6) is 0 Å². The van der Waals surface area contributed by atoms with Crippen molar-refractivity contribution in [2.45, 2.75) is 6.18 Å². The summed E-state index contributed by atoms with van der Waals surface area (Å²) in [5, 5.41) is 12.3. The van der Waals surface area contributed by atoms with Crippen molar-refractivity contribution in [3.05, 3.63) is 65.6 Å². The third kappa shape index (κ3) is 3.80. The number of nitrogens with one attached hydrogen (secondary N) is 1. The molecule has 0 unspecified atom stereocenters. The van der Waals surface area contributed by atoms with Gasteiger partial charge in [0.05, 0.1) is 22.3 Å². The Labute approximate surface area is 146 Å². The molecule has 8 heteroatoms. The predicted octanol–water partition coefficient (Wildman–Crippen LogP) is 5.43. The lowest BCUT2D eigenvalue weighted by Gasteiger charge is -2.13. The molecule has 3 aromatic rings. The number of aromatic nitrogens is 1. The van der Waals surface area contributed by atoms with Crippen molar-refractivity contribution in [3.8, 4) is 6.07 Å².